The number of likely N-dealkylation sites (tertiary alicyclic amines) is 1. The van der Waals surface area contributed by atoms with E-state index in [1.54, 1.807) is 12.5 Å². The lowest BCUT2D eigenvalue weighted by Gasteiger charge is -2.45. The second-order valence-electron chi connectivity index (χ2n) is 7.28. The van der Waals surface area contributed by atoms with E-state index in [2.05, 4.69) is 44.7 Å². The van der Waals surface area contributed by atoms with Gasteiger partial charge in [0, 0.05) is 38.0 Å². The molecule has 1 aromatic rings. The molecule has 1 aromatic heterocycles. The standard InChI is InChI=1S/C20H28N6O/c1-3-16-18(22-4-2)23-15-24-19(16)25-13-10-20(14-25)9-5-6-12-26(20)17(27)8-7-11-21/h4,15H,2-3,5-10,12-14H2,1H3,(H,22,23,24). The molecule has 1 spiro atoms. The quantitative estimate of drug-likeness (QED) is 0.831. The number of anilines is 2. The molecule has 1 unspecified atom stereocenters. The van der Waals surface area contributed by atoms with E-state index >= 15 is 0 Å². The first kappa shape index (κ1) is 19.2. The van der Waals surface area contributed by atoms with E-state index in [1.807, 2.05) is 0 Å². The van der Waals surface area contributed by atoms with Gasteiger partial charge >= 0.3 is 0 Å². The Balaban J connectivity index is 1.84. The summed E-state index contributed by atoms with van der Waals surface area (Å²) in [5, 5.41) is 11.9. The number of nitrogens with zero attached hydrogens (tertiary/aromatic N) is 5. The van der Waals surface area contributed by atoms with Crippen LogP contribution in [0, 0.1) is 11.3 Å². The van der Waals surface area contributed by atoms with Crippen molar-refractivity contribution in [3.63, 3.8) is 0 Å². The fourth-order valence-electron chi connectivity index (χ4n) is 4.47. The molecule has 3 rings (SSSR count). The van der Waals surface area contributed by atoms with Crippen LogP contribution in [0.1, 0.15) is 51.0 Å². The summed E-state index contributed by atoms with van der Waals surface area (Å²) in [4.78, 5) is 26.0. The maximum Gasteiger partial charge on any atom is 0.224 e. The Kier molecular flexibility index (Phi) is 5.94. The number of amides is 1. The van der Waals surface area contributed by atoms with Crippen LogP contribution in [0.3, 0.4) is 0 Å². The maximum absolute atomic E-state index is 12.7. The van der Waals surface area contributed by atoms with Crippen molar-refractivity contribution in [3.8, 4) is 6.07 Å². The van der Waals surface area contributed by atoms with Crippen molar-refractivity contribution in [1.29, 1.82) is 5.26 Å². The second kappa shape index (κ2) is 8.38. The Morgan fingerprint density at radius 3 is 3.00 bits per heavy atom. The number of aromatic nitrogens is 2. The van der Waals surface area contributed by atoms with Crippen LogP contribution in [0.4, 0.5) is 11.6 Å². The van der Waals surface area contributed by atoms with E-state index in [1.165, 1.54) is 0 Å². The molecule has 0 aromatic carbocycles. The van der Waals surface area contributed by atoms with Gasteiger partial charge in [-0.2, -0.15) is 5.26 Å². The molecule has 144 valence electrons. The van der Waals surface area contributed by atoms with Gasteiger partial charge in [0.2, 0.25) is 5.91 Å². The number of rotatable bonds is 6. The molecule has 2 aliphatic heterocycles. The van der Waals surface area contributed by atoms with E-state index in [0.717, 1.165) is 68.9 Å². The van der Waals surface area contributed by atoms with Crippen molar-refractivity contribution in [2.75, 3.05) is 29.9 Å². The van der Waals surface area contributed by atoms with Gasteiger partial charge in [-0.1, -0.05) is 13.5 Å². The molecule has 0 bridgehead atoms. The van der Waals surface area contributed by atoms with Crippen LogP contribution in [0.2, 0.25) is 0 Å². The number of nitrogens with one attached hydrogen (secondary N) is 1. The lowest BCUT2D eigenvalue weighted by Crippen LogP contribution is -2.56. The molecule has 2 saturated heterocycles. The maximum atomic E-state index is 12.7. The molecule has 7 heteroatoms. The van der Waals surface area contributed by atoms with Crippen molar-refractivity contribution in [2.45, 2.75) is 57.4 Å². The summed E-state index contributed by atoms with van der Waals surface area (Å²) in [6.07, 6.45) is 8.80. The van der Waals surface area contributed by atoms with Crippen LogP contribution in [0.5, 0.6) is 0 Å². The molecule has 1 atom stereocenters. The van der Waals surface area contributed by atoms with Crippen molar-refractivity contribution in [3.05, 3.63) is 24.7 Å². The van der Waals surface area contributed by atoms with Gasteiger partial charge in [0.15, 0.2) is 0 Å². The minimum absolute atomic E-state index is 0.116. The number of carbonyl (C=O) groups excluding carboxylic acids is 1. The van der Waals surface area contributed by atoms with Crippen LogP contribution in [0.15, 0.2) is 19.1 Å². The second-order valence-corrected chi connectivity index (χ2v) is 7.28. The third-order valence-electron chi connectivity index (χ3n) is 5.74. The Hall–Kier alpha value is -2.62. The number of piperidine rings is 1. The van der Waals surface area contributed by atoms with E-state index < -0.39 is 0 Å². The SMILES string of the molecule is C=CNc1ncnc(N2CCC3(CCCCN3C(=O)CCC#N)C2)c1CC. The van der Waals surface area contributed by atoms with Crippen LogP contribution >= 0.6 is 0 Å². The monoisotopic (exact) mass is 368 g/mol. The zero-order chi connectivity index (χ0) is 19.3. The Morgan fingerprint density at radius 2 is 2.26 bits per heavy atom. The first-order valence-corrected chi connectivity index (χ1v) is 9.79. The Labute approximate surface area is 161 Å². The zero-order valence-electron chi connectivity index (χ0n) is 16.1. The fraction of sp³-hybridized carbons (Fsp3) is 0.600. The molecule has 0 aliphatic carbocycles. The molecule has 0 radical (unpaired) electrons. The predicted molar refractivity (Wildman–Crippen MR) is 105 cm³/mol. The molecule has 3 heterocycles. The normalized spacial score (nSPS) is 21.9. The molecular formula is C20H28N6O. The summed E-state index contributed by atoms with van der Waals surface area (Å²) in [5.74, 6) is 1.86. The van der Waals surface area contributed by atoms with Gasteiger partial charge in [-0.05, 0) is 38.3 Å². The third-order valence-corrected chi connectivity index (χ3v) is 5.74. The number of nitriles is 1. The molecule has 2 aliphatic rings. The van der Waals surface area contributed by atoms with E-state index in [-0.39, 0.29) is 17.9 Å². The summed E-state index contributed by atoms with van der Waals surface area (Å²) >= 11 is 0. The van der Waals surface area contributed by atoms with Gasteiger partial charge < -0.3 is 15.1 Å². The third kappa shape index (κ3) is 3.75. The van der Waals surface area contributed by atoms with Crippen LogP contribution < -0.4 is 10.2 Å². The van der Waals surface area contributed by atoms with Crippen LogP contribution in [-0.2, 0) is 11.2 Å². The summed E-state index contributed by atoms with van der Waals surface area (Å²) < 4.78 is 0. The average Bonchev–Trinajstić information content (AvgIpc) is 3.10. The smallest absolute Gasteiger partial charge is 0.224 e. The highest BCUT2D eigenvalue weighted by Gasteiger charge is 2.46. The van der Waals surface area contributed by atoms with Crippen molar-refractivity contribution < 1.29 is 4.79 Å². The van der Waals surface area contributed by atoms with E-state index in [4.69, 9.17) is 5.26 Å². The predicted octanol–water partition coefficient (Wildman–Crippen LogP) is 2.86. The number of hydrogen-bond acceptors (Lipinski definition) is 6. The lowest BCUT2D eigenvalue weighted by atomic mass is 9.85. The van der Waals surface area contributed by atoms with Crippen LogP contribution in [-0.4, -0.2) is 45.9 Å². The first-order valence-electron chi connectivity index (χ1n) is 9.79. The largest absolute Gasteiger partial charge is 0.354 e. The van der Waals surface area contributed by atoms with Crippen molar-refractivity contribution in [1.82, 2.24) is 14.9 Å². The van der Waals surface area contributed by atoms with E-state index in [0.29, 0.717) is 6.42 Å². The molecular weight excluding hydrogens is 340 g/mol. The fourth-order valence-corrected chi connectivity index (χ4v) is 4.47. The molecule has 1 N–H and O–H groups in total. The zero-order valence-corrected chi connectivity index (χ0v) is 16.1. The molecule has 27 heavy (non-hydrogen) atoms. The highest BCUT2D eigenvalue weighted by Crippen LogP contribution is 2.39. The van der Waals surface area contributed by atoms with Crippen molar-refractivity contribution in [2.24, 2.45) is 0 Å². The average molecular weight is 368 g/mol. The number of hydrogen-bond donors (Lipinski definition) is 1. The minimum Gasteiger partial charge on any atom is -0.354 e. The minimum atomic E-state index is -0.132. The van der Waals surface area contributed by atoms with Gasteiger partial charge in [0.1, 0.15) is 18.0 Å². The summed E-state index contributed by atoms with van der Waals surface area (Å²) in [5.41, 5.74) is 0.944. The summed E-state index contributed by atoms with van der Waals surface area (Å²) in [7, 11) is 0. The van der Waals surface area contributed by atoms with Gasteiger partial charge in [0.25, 0.3) is 0 Å². The Morgan fingerprint density at radius 1 is 1.41 bits per heavy atom. The van der Waals surface area contributed by atoms with Gasteiger partial charge in [0.05, 0.1) is 11.6 Å². The highest BCUT2D eigenvalue weighted by atomic mass is 16.2. The van der Waals surface area contributed by atoms with Gasteiger partial charge in [-0.3, -0.25) is 4.79 Å². The van der Waals surface area contributed by atoms with E-state index in [9.17, 15) is 4.79 Å². The summed E-state index contributed by atoms with van der Waals surface area (Å²) in [6, 6.07) is 2.09. The molecule has 1 amide bonds. The Bertz CT molecular complexity index is 742. The number of carbonyl (C=O) groups is 1. The lowest BCUT2D eigenvalue weighted by molar-refractivity contribution is -0.139. The van der Waals surface area contributed by atoms with Gasteiger partial charge in [-0.15, -0.1) is 0 Å². The van der Waals surface area contributed by atoms with Crippen LogP contribution in [0.25, 0.3) is 0 Å². The molecule has 2 fully saturated rings. The molecule has 0 saturated carbocycles. The topological polar surface area (TPSA) is 85.2 Å². The first-order chi connectivity index (χ1) is 13.1. The van der Waals surface area contributed by atoms with Crippen molar-refractivity contribution >= 4 is 17.5 Å². The summed E-state index contributed by atoms with van der Waals surface area (Å²) in [6.45, 7) is 8.29. The molecule has 7 nitrogen and oxygen atoms in total. The highest BCUT2D eigenvalue weighted by molar-refractivity contribution is 5.78. The van der Waals surface area contributed by atoms with Gasteiger partial charge in [-0.25, -0.2) is 9.97 Å².